The van der Waals surface area contributed by atoms with Crippen LogP contribution in [-0.2, 0) is 19.2 Å². The van der Waals surface area contributed by atoms with Crippen LogP contribution >= 0.6 is 0 Å². The van der Waals surface area contributed by atoms with E-state index in [0.29, 0.717) is 22.5 Å². The Hall–Kier alpha value is -4.60. The number of nitro benzene ring substituents is 1. The summed E-state index contributed by atoms with van der Waals surface area (Å²) >= 11 is 0. The molecule has 4 aliphatic rings. The van der Waals surface area contributed by atoms with Crippen molar-refractivity contribution < 1.29 is 33.9 Å². The lowest BCUT2D eigenvalue weighted by molar-refractivity contribution is -0.384. The highest BCUT2D eigenvalue weighted by molar-refractivity contribution is 6.22. The summed E-state index contributed by atoms with van der Waals surface area (Å²) in [4.78, 5) is 66.9. The number of imide groups is 1. The number of aromatic hydroxyl groups is 1. The zero-order valence-corrected chi connectivity index (χ0v) is 22.7. The van der Waals surface area contributed by atoms with Gasteiger partial charge in [-0.05, 0) is 55.5 Å². The molecule has 2 fully saturated rings. The van der Waals surface area contributed by atoms with Crippen LogP contribution in [0.15, 0.2) is 65.8 Å². The van der Waals surface area contributed by atoms with Gasteiger partial charge in [-0.15, -0.1) is 0 Å². The van der Waals surface area contributed by atoms with Gasteiger partial charge in [-0.3, -0.25) is 29.3 Å². The number of nitrogens with zero attached hydrogens (tertiary/aromatic N) is 2. The van der Waals surface area contributed by atoms with E-state index < -0.39 is 51.7 Å². The van der Waals surface area contributed by atoms with Gasteiger partial charge in [0.05, 0.1) is 35.0 Å². The second kappa shape index (κ2) is 9.22. The van der Waals surface area contributed by atoms with Crippen molar-refractivity contribution in [3.8, 4) is 11.5 Å². The Morgan fingerprint density at radius 1 is 1.07 bits per heavy atom. The first kappa shape index (κ1) is 26.6. The molecule has 6 atom stereocenters. The third-order valence-corrected chi connectivity index (χ3v) is 9.49. The number of fused-ring (bicyclic) bond motifs is 4. The van der Waals surface area contributed by atoms with Gasteiger partial charge in [0.25, 0.3) is 5.69 Å². The lowest BCUT2D eigenvalue weighted by atomic mass is 9.47. The molecule has 2 amide bonds. The molecule has 10 heteroatoms. The van der Waals surface area contributed by atoms with E-state index in [-0.39, 0.29) is 41.5 Å². The molecule has 2 aromatic carbocycles. The number of carbonyl (C=O) groups is 4. The number of amides is 2. The highest BCUT2D eigenvalue weighted by Gasteiger charge is 2.64. The molecule has 0 unspecified atom stereocenters. The summed E-state index contributed by atoms with van der Waals surface area (Å²) in [7, 11) is 1.46. The van der Waals surface area contributed by atoms with Gasteiger partial charge >= 0.3 is 0 Å². The van der Waals surface area contributed by atoms with Gasteiger partial charge in [-0.25, -0.2) is 4.90 Å². The van der Waals surface area contributed by atoms with E-state index in [9.17, 15) is 34.4 Å². The van der Waals surface area contributed by atoms with Crippen LogP contribution in [-0.4, -0.2) is 40.5 Å². The van der Waals surface area contributed by atoms with E-state index in [1.807, 2.05) is 6.08 Å². The zero-order valence-electron chi connectivity index (χ0n) is 22.7. The maximum atomic E-state index is 14.0. The van der Waals surface area contributed by atoms with Crippen LogP contribution in [0.4, 0.5) is 11.4 Å². The van der Waals surface area contributed by atoms with Crippen molar-refractivity contribution in [3.05, 3.63) is 81.4 Å². The summed E-state index contributed by atoms with van der Waals surface area (Å²) < 4.78 is 5.62. The normalized spacial score (nSPS) is 30.7. The molecule has 1 saturated heterocycles. The molecule has 0 aromatic heterocycles. The van der Waals surface area contributed by atoms with Crippen molar-refractivity contribution in [1.82, 2.24) is 0 Å². The summed E-state index contributed by atoms with van der Waals surface area (Å²) in [6.07, 6.45) is 3.60. The zero-order chi connectivity index (χ0) is 29.4. The Bertz CT molecular complexity index is 1620. The minimum atomic E-state index is -1.26. The molecule has 1 aliphatic heterocycles. The van der Waals surface area contributed by atoms with E-state index >= 15 is 0 Å². The van der Waals surface area contributed by atoms with Crippen molar-refractivity contribution >= 4 is 34.8 Å². The Balaban J connectivity index is 1.52. The SMILES string of the molecule is COc1cccc(O)c1[C@H]1C2=CC[C@@H]3C(=O)N(c4cccc([N+](=O)[O-])c4)C(=O)[C@@H]3[C@@H]2C[C@H]2C(=O)C=C(C)C(=O)[C@@]12C. The van der Waals surface area contributed by atoms with E-state index in [2.05, 4.69) is 0 Å². The van der Waals surface area contributed by atoms with Crippen molar-refractivity contribution in [1.29, 1.82) is 0 Å². The fourth-order valence-corrected chi connectivity index (χ4v) is 7.70. The molecule has 41 heavy (non-hydrogen) atoms. The molecule has 210 valence electrons. The number of phenolic OH excluding ortho intramolecular Hbond substituents is 1. The number of methoxy groups -OCH3 is 1. The summed E-state index contributed by atoms with van der Waals surface area (Å²) in [5.41, 5.74) is 0.00738. The second-order valence-corrected chi connectivity index (χ2v) is 11.4. The average Bonchev–Trinajstić information content (AvgIpc) is 3.21. The van der Waals surface area contributed by atoms with Crippen molar-refractivity contribution in [2.75, 3.05) is 12.0 Å². The maximum Gasteiger partial charge on any atom is 0.271 e. The van der Waals surface area contributed by atoms with E-state index in [1.165, 1.54) is 43.5 Å². The van der Waals surface area contributed by atoms with Gasteiger partial charge in [0, 0.05) is 29.5 Å². The monoisotopic (exact) mass is 556 g/mol. The standard InChI is InChI=1S/C31H28N2O8/c1-15-12-23(35)21-14-20-18(27(31(21,2)28(15)36)26-22(34)8-5-9-24(26)41-3)10-11-19-25(20)30(38)32(29(19)37)16-6-4-7-17(13-16)33(39)40/h4-10,12-13,19-21,25,27,34H,11,14H2,1-3H3/t19-,20+,21-,25-,27+,31+/m0/s1. The van der Waals surface area contributed by atoms with Crippen LogP contribution in [0.3, 0.4) is 0 Å². The molecule has 10 nitrogen and oxygen atoms in total. The lowest BCUT2D eigenvalue weighted by Crippen LogP contribution is -2.54. The molecule has 1 saturated carbocycles. The lowest BCUT2D eigenvalue weighted by Gasteiger charge is -2.53. The van der Waals surface area contributed by atoms with Crippen molar-refractivity contribution in [2.45, 2.75) is 32.6 Å². The van der Waals surface area contributed by atoms with Crippen molar-refractivity contribution in [3.63, 3.8) is 0 Å². The minimum absolute atomic E-state index is 0.0995. The van der Waals surface area contributed by atoms with E-state index in [4.69, 9.17) is 4.74 Å². The third-order valence-electron chi connectivity index (χ3n) is 9.49. The average molecular weight is 557 g/mol. The highest BCUT2D eigenvalue weighted by Crippen LogP contribution is 2.64. The van der Waals surface area contributed by atoms with E-state index in [0.717, 1.165) is 4.90 Å². The van der Waals surface area contributed by atoms with Crippen LogP contribution < -0.4 is 9.64 Å². The number of ether oxygens (including phenoxy) is 1. The summed E-state index contributed by atoms with van der Waals surface area (Å²) in [6, 6.07) is 10.2. The molecule has 0 radical (unpaired) electrons. The predicted molar refractivity (Wildman–Crippen MR) is 146 cm³/mol. The van der Waals surface area contributed by atoms with Crippen LogP contribution in [0.1, 0.15) is 38.2 Å². The quantitative estimate of drug-likeness (QED) is 0.254. The Kier molecular flexibility index (Phi) is 5.99. The Morgan fingerprint density at radius 2 is 1.80 bits per heavy atom. The number of non-ortho nitro benzene ring substituents is 1. The maximum absolute atomic E-state index is 14.0. The van der Waals surface area contributed by atoms with Crippen molar-refractivity contribution in [2.24, 2.45) is 29.1 Å². The number of hydrogen-bond acceptors (Lipinski definition) is 8. The minimum Gasteiger partial charge on any atom is -0.508 e. The Morgan fingerprint density at radius 3 is 2.51 bits per heavy atom. The first-order chi connectivity index (χ1) is 19.5. The first-order valence-electron chi connectivity index (χ1n) is 13.5. The molecular formula is C31H28N2O8. The largest absolute Gasteiger partial charge is 0.508 e. The molecule has 1 N–H and O–H groups in total. The number of allylic oxidation sites excluding steroid dienone is 4. The smallest absolute Gasteiger partial charge is 0.271 e. The van der Waals surface area contributed by atoms with Crippen LogP contribution in [0, 0.1) is 39.2 Å². The Labute approximate surface area is 235 Å². The number of nitro groups is 1. The number of carbonyl (C=O) groups excluding carboxylic acids is 4. The van der Waals surface area contributed by atoms with Gasteiger partial charge < -0.3 is 9.84 Å². The summed E-state index contributed by atoms with van der Waals surface area (Å²) in [5.74, 6) is -4.89. The summed E-state index contributed by atoms with van der Waals surface area (Å²) in [5, 5.41) is 22.5. The molecule has 0 bridgehead atoms. The molecule has 0 spiro atoms. The van der Waals surface area contributed by atoms with Crippen LogP contribution in [0.2, 0.25) is 0 Å². The first-order valence-corrected chi connectivity index (χ1v) is 13.5. The van der Waals surface area contributed by atoms with E-state index in [1.54, 1.807) is 26.0 Å². The number of ketones is 2. The number of rotatable bonds is 4. The number of hydrogen-bond donors (Lipinski definition) is 1. The van der Waals surface area contributed by atoms with Gasteiger partial charge in [0.15, 0.2) is 11.6 Å². The number of Topliss-reactive ketones (excluding diaryl/α,β-unsaturated/α-hetero) is 1. The van der Waals surface area contributed by atoms with Gasteiger partial charge in [-0.1, -0.05) is 30.7 Å². The topological polar surface area (TPSA) is 144 Å². The number of anilines is 1. The molecule has 6 rings (SSSR count). The molecule has 2 aromatic rings. The summed E-state index contributed by atoms with van der Waals surface area (Å²) in [6.45, 7) is 3.35. The molecule has 1 heterocycles. The number of benzene rings is 2. The third kappa shape index (κ3) is 3.62. The van der Waals surface area contributed by atoms with Crippen LogP contribution in [0.5, 0.6) is 11.5 Å². The predicted octanol–water partition coefficient (Wildman–Crippen LogP) is 4.27. The van der Waals surface area contributed by atoms with Gasteiger partial charge in [0.2, 0.25) is 11.8 Å². The van der Waals surface area contributed by atoms with Gasteiger partial charge in [0.1, 0.15) is 11.5 Å². The fraction of sp³-hybridized carbons (Fsp3) is 0.355. The van der Waals surface area contributed by atoms with Gasteiger partial charge in [-0.2, -0.15) is 0 Å². The molecule has 3 aliphatic carbocycles. The second-order valence-electron chi connectivity index (χ2n) is 11.4. The fourth-order valence-electron chi connectivity index (χ4n) is 7.70. The van der Waals surface area contributed by atoms with Crippen LogP contribution in [0.25, 0.3) is 0 Å². The highest BCUT2D eigenvalue weighted by atomic mass is 16.6. The number of phenols is 1. The molecular weight excluding hydrogens is 528 g/mol.